The van der Waals surface area contributed by atoms with E-state index in [0.29, 0.717) is 10.8 Å². The van der Waals surface area contributed by atoms with Crippen LogP contribution in [0.5, 0.6) is 0 Å². The Morgan fingerprint density at radius 1 is 0.667 bits per heavy atom. The molecule has 4 atom stereocenters. The molecule has 0 heterocycles. The minimum Gasteiger partial charge on any atom is -0.0599 e. The van der Waals surface area contributed by atoms with E-state index in [1.165, 1.54) is 38.5 Å². The van der Waals surface area contributed by atoms with Crippen LogP contribution in [-0.4, -0.2) is 0 Å². The summed E-state index contributed by atoms with van der Waals surface area (Å²) < 4.78 is 0. The van der Waals surface area contributed by atoms with E-state index in [9.17, 15) is 0 Å². The summed E-state index contributed by atoms with van der Waals surface area (Å²) in [6, 6.07) is 0. The van der Waals surface area contributed by atoms with Crippen LogP contribution in [0.3, 0.4) is 0 Å². The van der Waals surface area contributed by atoms with E-state index in [-0.39, 0.29) is 0 Å². The van der Waals surface area contributed by atoms with Gasteiger partial charge in [0.1, 0.15) is 0 Å². The summed E-state index contributed by atoms with van der Waals surface area (Å²) in [4.78, 5) is 0. The SMILES string of the molecule is CC1(C)CCC2(C34CCCCC3CCC4)CCCC2(C)C1. The molecule has 0 nitrogen and oxygen atoms in total. The van der Waals surface area contributed by atoms with Crippen LogP contribution in [0.4, 0.5) is 0 Å². The lowest BCUT2D eigenvalue weighted by Crippen LogP contribution is -2.56. The molecule has 0 spiro atoms. The van der Waals surface area contributed by atoms with Gasteiger partial charge in [-0.1, -0.05) is 46.5 Å². The molecule has 4 unspecified atom stereocenters. The molecule has 0 aromatic carbocycles. The van der Waals surface area contributed by atoms with Gasteiger partial charge in [0.2, 0.25) is 0 Å². The zero-order valence-electron chi connectivity index (χ0n) is 14.8. The van der Waals surface area contributed by atoms with Gasteiger partial charge in [-0.25, -0.2) is 0 Å². The average molecular weight is 289 g/mol. The molecule has 0 aliphatic heterocycles. The van der Waals surface area contributed by atoms with E-state index in [4.69, 9.17) is 0 Å². The first-order chi connectivity index (χ1) is 9.93. The number of hydrogen-bond donors (Lipinski definition) is 0. The van der Waals surface area contributed by atoms with Gasteiger partial charge in [0, 0.05) is 0 Å². The molecule has 4 aliphatic carbocycles. The molecule has 0 bridgehead atoms. The minimum atomic E-state index is 0.599. The van der Waals surface area contributed by atoms with Crippen LogP contribution in [0, 0.1) is 27.6 Å². The van der Waals surface area contributed by atoms with E-state index in [1.54, 1.807) is 44.9 Å². The van der Waals surface area contributed by atoms with Crippen LogP contribution in [0.25, 0.3) is 0 Å². The first-order valence-electron chi connectivity index (χ1n) is 9.93. The maximum absolute atomic E-state index is 2.72. The van der Waals surface area contributed by atoms with Gasteiger partial charge in [0.25, 0.3) is 0 Å². The molecule has 0 amide bonds. The van der Waals surface area contributed by atoms with Gasteiger partial charge in [-0.05, 0) is 85.4 Å². The molecule has 4 rings (SSSR count). The third-order valence-electron chi connectivity index (χ3n) is 8.92. The van der Waals surface area contributed by atoms with E-state index in [1.807, 2.05) is 0 Å². The van der Waals surface area contributed by atoms with Crippen molar-refractivity contribution in [1.29, 1.82) is 0 Å². The Morgan fingerprint density at radius 3 is 2.29 bits per heavy atom. The summed E-state index contributed by atoms with van der Waals surface area (Å²) in [6.45, 7) is 7.82. The lowest BCUT2D eigenvalue weighted by atomic mass is 9.40. The van der Waals surface area contributed by atoms with E-state index >= 15 is 0 Å². The lowest BCUT2D eigenvalue weighted by Gasteiger charge is -2.64. The first-order valence-corrected chi connectivity index (χ1v) is 9.93. The molecule has 0 heteroatoms. The Bertz CT molecular complexity index is 422. The van der Waals surface area contributed by atoms with Gasteiger partial charge in [0.15, 0.2) is 0 Å². The maximum Gasteiger partial charge on any atom is -0.0184 e. The molecular formula is C21H36. The van der Waals surface area contributed by atoms with Gasteiger partial charge in [-0.15, -0.1) is 0 Å². The van der Waals surface area contributed by atoms with E-state index in [2.05, 4.69) is 20.8 Å². The standard InChI is InChI=1S/C21H36/c1-18(2)14-15-21(13-7-10-19(21,3)16-18)20-11-5-4-8-17(20)9-6-12-20/h17H,4-16H2,1-3H3. The summed E-state index contributed by atoms with van der Waals surface area (Å²) in [6.07, 6.45) is 20.2. The van der Waals surface area contributed by atoms with E-state index in [0.717, 1.165) is 16.7 Å². The van der Waals surface area contributed by atoms with Crippen molar-refractivity contribution in [2.24, 2.45) is 27.6 Å². The van der Waals surface area contributed by atoms with Crippen molar-refractivity contribution < 1.29 is 0 Å². The highest BCUT2D eigenvalue weighted by Crippen LogP contribution is 2.76. The second kappa shape index (κ2) is 4.51. The van der Waals surface area contributed by atoms with Crippen LogP contribution in [0.1, 0.15) is 104 Å². The second-order valence-corrected chi connectivity index (χ2v) is 10.3. The predicted octanol–water partition coefficient (Wildman–Crippen LogP) is 6.73. The van der Waals surface area contributed by atoms with Crippen molar-refractivity contribution in [3.05, 3.63) is 0 Å². The smallest absolute Gasteiger partial charge is 0.0184 e. The largest absolute Gasteiger partial charge is 0.0599 e. The minimum absolute atomic E-state index is 0.599. The zero-order valence-corrected chi connectivity index (χ0v) is 14.8. The maximum atomic E-state index is 2.72. The Hall–Kier alpha value is 0. The lowest BCUT2D eigenvalue weighted by molar-refractivity contribution is -0.150. The fourth-order valence-corrected chi connectivity index (χ4v) is 8.40. The number of hydrogen-bond acceptors (Lipinski definition) is 0. The summed E-state index contributed by atoms with van der Waals surface area (Å²) in [7, 11) is 0. The van der Waals surface area contributed by atoms with Crippen molar-refractivity contribution in [1.82, 2.24) is 0 Å². The number of fused-ring (bicyclic) bond motifs is 3. The summed E-state index contributed by atoms with van der Waals surface area (Å²) in [5.41, 5.74) is 2.76. The fraction of sp³-hybridized carbons (Fsp3) is 1.00. The Balaban J connectivity index is 1.78. The van der Waals surface area contributed by atoms with Crippen molar-refractivity contribution in [3.8, 4) is 0 Å². The monoisotopic (exact) mass is 288 g/mol. The van der Waals surface area contributed by atoms with Crippen molar-refractivity contribution in [2.45, 2.75) is 104 Å². The van der Waals surface area contributed by atoms with Gasteiger partial charge >= 0.3 is 0 Å². The highest BCUT2D eigenvalue weighted by Gasteiger charge is 2.67. The predicted molar refractivity (Wildman–Crippen MR) is 90.3 cm³/mol. The van der Waals surface area contributed by atoms with Gasteiger partial charge < -0.3 is 0 Å². The molecule has 0 radical (unpaired) electrons. The summed E-state index contributed by atoms with van der Waals surface area (Å²) >= 11 is 0. The molecule has 4 saturated carbocycles. The molecule has 4 fully saturated rings. The van der Waals surface area contributed by atoms with Gasteiger partial charge in [0.05, 0.1) is 0 Å². The van der Waals surface area contributed by atoms with Gasteiger partial charge in [-0.2, -0.15) is 0 Å². The molecule has 0 aromatic heterocycles. The van der Waals surface area contributed by atoms with Crippen LogP contribution >= 0.6 is 0 Å². The Morgan fingerprint density at radius 2 is 1.43 bits per heavy atom. The Labute approximate surface area is 132 Å². The molecule has 0 saturated heterocycles. The fourth-order valence-electron chi connectivity index (χ4n) is 8.40. The number of rotatable bonds is 1. The first kappa shape index (κ1) is 14.6. The van der Waals surface area contributed by atoms with E-state index < -0.39 is 0 Å². The second-order valence-electron chi connectivity index (χ2n) is 10.3. The third kappa shape index (κ3) is 1.80. The average Bonchev–Trinajstić information content (AvgIpc) is 2.98. The van der Waals surface area contributed by atoms with Crippen molar-refractivity contribution >= 4 is 0 Å². The topological polar surface area (TPSA) is 0 Å². The molecule has 0 N–H and O–H groups in total. The molecular weight excluding hydrogens is 252 g/mol. The normalized spacial score (nSPS) is 52.4. The molecule has 21 heavy (non-hydrogen) atoms. The third-order valence-corrected chi connectivity index (χ3v) is 8.92. The highest BCUT2D eigenvalue weighted by atomic mass is 14.7. The van der Waals surface area contributed by atoms with Crippen LogP contribution in [0.2, 0.25) is 0 Å². The van der Waals surface area contributed by atoms with Gasteiger partial charge in [-0.3, -0.25) is 0 Å². The Kier molecular flexibility index (Phi) is 3.13. The summed E-state index contributed by atoms with van der Waals surface area (Å²) in [5, 5.41) is 0. The summed E-state index contributed by atoms with van der Waals surface area (Å²) in [5.74, 6) is 1.10. The molecule has 0 aromatic rings. The van der Waals surface area contributed by atoms with Crippen LogP contribution in [0.15, 0.2) is 0 Å². The highest BCUT2D eigenvalue weighted by molar-refractivity contribution is 5.17. The van der Waals surface area contributed by atoms with Crippen LogP contribution in [-0.2, 0) is 0 Å². The van der Waals surface area contributed by atoms with Crippen molar-refractivity contribution in [3.63, 3.8) is 0 Å². The molecule has 4 aliphatic rings. The molecule has 120 valence electrons. The van der Waals surface area contributed by atoms with Crippen molar-refractivity contribution in [2.75, 3.05) is 0 Å². The quantitative estimate of drug-likeness (QED) is 0.501. The zero-order chi connectivity index (χ0) is 14.8. The van der Waals surface area contributed by atoms with Crippen LogP contribution < -0.4 is 0 Å².